The van der Waals surface area contributed by atoms with Crippen molar-refractivity contribution >= 4 is 0 Å². The molecule has 3 rings (SSSR count). The van der Waals surface area contributed by atoms with Gasteiger partial charge in [-0.15, -0.1) is 0 Å². The van der Waals surface area contributed by atoms with Crippen LogP contribution >= 0.6 is 0 Å². The Kier molecular flexibility index (Phi) is 7.51. The molecule has 0 amide bonds. The molecule has 3 nitrogen and oxygen atoms in total. The van der Waals surface area contributed by atoms with E-state index in [0.29, 0.717) is 19.1 Å². The SMILES string of the molecule is CC(C)CNCc1ccc(OCc2ccccc2)cc1OCc1ccccc1. The lowest BCUT2D eigenvalue weighted by atomic mass is 10.1. The number of benzene rings is 3. The normalized spacial score (nSPS) is 10.8. The molecule has 0 fully saturated rings. The van der Waals surface area contributed by atoms with E-state index in [0.717, 1.165) is 41.3 Å². The number of nitrogens with one attached hydrogen (secondary N) is 1. The van der Waals surface area contributed by atoms with Gasteiger partial charge in [-0.1, -0.05) is 80.6 Å². The smallest absolute Gasteiger partial charge is 0.127 e. The lowest BCUT2D eigenvalue weighted by Gasteiger charge is -2.15. The second kappa shape index (κ2) is 10.5. The summed E-state index contributed by atoms with van der Waals surface area (Å²) in [6, 6.07) is 26.5. The molecule has 0 atom stereocenters. The molecule has 1 N–H and O–H groups in total. The highest BCUT2D eigenvalue weighted by atomic mass is 16.5. The maximum absolute atomic E-state index is 6.15. The summed E-state index contributed by atoms with van der Waals surface area (Å²) >= 11 is 0. The largest absolute Gasteiger partial charge is 0.489 e. The Bertz CT molecular complexity index is 832. The Morgan fingerprint density at radius 3 is 1.96 bits per heavy atom. The maximum atomic E-state index is 6.15. The molecular formula is C25H29NO2. The second-order valence-corrected chi connectivity index (χ2v) is 7.34. The lowest BCUT2D eigenvalue weighted by molar-refractivity contribution is 0.287. The summed E-state index contributed by atoms with van der Waals surface area (Å²) in [5.41, 5.74) is 3.44. The molecule has 0 radical (unpaired) electrons. The fourth-order valence-electron chi connectivity index (χ4n) is 2.88. The van der Waals surface area contributed by atoms with Crippen molar-refractivity contribution in [2.75, 3.05) is 6.54 Å². The first-order valence-electron chi connectivity index (χ1n) is 9.88. The Balaban J connectivity index is 1.69. The van der Waals surface area contributed by atoms with Crippen LogP contribution in [0.5, 0.6) is 11.5 Å². The number of hydrogen-bond acceptors (Lipinski definition) is 3. The highest BCUT2D eigenvalue weighted by Crippen LogP contribution is 2.26. The fraction of sp³-hybridized carbons (Fsp3) is 0.280. The Labute approximate surface area is 168 Å². The molecule has 0 aromatic heterocycles. The van der Waals surface area contributed by atoms with Crippen molar-refractivity contribution in [3.8, 4) is 11.5 Å². The third-order valence-corrected chi connectivity index (χ3v) is 4.39. The molecule has 0 aliphatic heterocycles. The average Bonchev–Trinajstić information content (AvgIpc) is 2.73. The van der Waals surface area contributed by atoms with Crippen molar-refractivity contribution in [3.05, 3.63) is 95.6 Å². The molecule has 0 saturated carbocycles. The predicted molar refractivity (Wildman–Crippen MR) is 115 cm³/mol. The van der Waals surface area contributed by atoms with Gasteiger partial charge in [0.1, 0.15) is 24.7 Å². The molecule has 0 aliphatic carbocycles. The van der Waals surface area contributed by atoms with Crippen molar-refractivity contribution in [2.24, 2.45) is 5.92 Å². The minimum absolute atomic E-state index is 0.542. The first-order valence-corrected chi connectivity index (χ1v) is 9.88. The summed E-state index contributed by atoms with van der Waals surface area (Å²) in [6.07, 6.45) is 0. The van der Waals surface area contributed by atoms with E-state index in [1.807, 2.05) is 48.5 Å². The molecule has 0 spiro atoms. The van der Waals surface area contributed by atoms with Crippen LogP contribution in [0.1, 0.15) is 30.5 Å². The third kappa shape index (κ3) is 6.43. The Hall–Kier alpha value is -2.78. The summed E-state index contributed by atoms with van der Waals surface area (Å²) < 4.78 is 12.1. The quantitative estimate of drug-likeness (QED) is 0.501. The zero-order valence-electron chi connectivity index (χ0n) is 16.7. The summed E-state index contributed by atoms with van der Waals surface area (Å²) in [7, 11) is 0. The highest BCUT2D eigenvalue weighted by molar-refractivity contribution is 5.41. The fourth-order valence-corrected chi connectivity index (χ4v) is 2.88. The molecule has 0 aliphatic rings. The van der Waals surface area contributed by atoms with E-state index in [4.69, 9.17) is 9.47 Å². The van der Waals surface area contributed by atoms with Gasteiger partial charge in [0, 0.05) is 18.2 Å². The minimum Gasteiger partial charge on any atom is -0.489 e. The third-order valence-electron chi connectivity index (χ3n) is 4.39. The summed E-state index contributed by atoms with van der Waals surface area (Å²) in [5, 5.41) is 3.50. The van der Waals surface area contributed by atoms with Gasteiger partial charge >= 0.3 is 0 Å². The number of ether oxygens (including phenoxy) is 2. The van der Waals surface area contributed by atoms with Crippen LogP contribution in [-0.4, -0.2) is 6.54 Å². The van der Waals surface area contributed by atoms with Gasteiger partial charge in [0.2, 0.25) is 0 Å². The Morgan fingerprint density at radius 1 is 0.750 bits per heavy atom. The van der Waals surface area contributed by atoms with E-state index < -0.39 is 0 Å². The Morgan fingerprint density at radius 2 is 1.36 bits per heavy atom. The van der Waals surface area contributed by atoms with Gasteiger partial charge in [0.15, 0.2) is 0 Å². The van der Waals surface area contributed by atoms with E-state index in [1.54, 1.807) is 0 Å². The molecule has 0 unspecified atom stereocenters. The van der Waals surface area contributed by atoms with E-state index in [9.17, 15) is 0 Å². The minimum atomic E-state index is 0.542. The van der Waals surface area contributed by atoms with Crippen LogP contribution in [0, 0.1) is 5.92 Å². The molecule has 0 heterocycles. The topological polar surface area (TPSA) is 30.5 Å². The number of rotatable bonds is 10. The molecule has 0 bridgehead atoms. The monoisotopic (exact) mass is 375 g/mol. The summed E-state index contributed by atoms with van der Waals surface area (Å²) in [4.78, 5) is 0. The van der Waals surface area contributed by atoms with Crippen molar-refractivity contribution < 1.29 is 9.47 Å². The van der Waals surface area contributed by atoms with Gasteiger partial charge in [-0.25, -0.2) is 0 Å². The van der Waals surface area contributed by atoms with Crippen LogP contribution in [0.3, 0.4) is 0 Å². The molecule has 3 aromatic rings. The van der Waals surface area contributed by atoms with Crippen molar-refractivity contribution in [1.29, 1.82) is 0 Å². The van der Waals surface area contributed by atoms with Crippen LogP contribution in [0.15, 0.2) is 78.9 Å². The molecule has 3 aromatic carbocycles. The van der Waals surface area contributed by atoms with E-state index >= 15 is 0 Å². The summed E-state index contributed by atoms with van der Waals surface area (Å²) in [5.74, 6) is 2.30. The van der Waals surface area contributed by atoms with Gasteiger partial charge in [0.05, 0.1) is 0 Å². The molecule has 146 valence electrons. The van der Waals surface area contributed by atoms with Gasteiger partial charge in [-0.05, 0) is 29.7 Å². The van der Waals surface area contributed by atoms with Crippen molar-refractivity contribution in [2.45, 2.75) is 33.6 Å². The van der Waals surface area contributed by atoms with Gasteiger partial charge in [-0.3, -0.25) is 0 Å². The van der Waals surface area contributed by atoms with Gasteiger partial charge < -0.3 is 14.8 Å². The van der Waals surface area contributed by atoms with Crippen LogP contribution in [0.2, 0.25) is 0 Å². The van der Waals surface area contributed by atoms with Gasteiger partial charge in [-0.2, -0.15) is 0 Å². The molecular weight excluding hydrogens is 346 g/mol. The van der Waals surface area contributed by atoms with Gasteiger partial charge in [0.25, 0.3) is 0 Å². The standard InChI is InChI=1S/C25H29NO2/c1-20(2)16-26-17-23-13-14-24(27-18-21-9-5-3-6-10-21)15-25(23)28-19-22-11-7-4-8-12-22/h3-15,20,26H,16-19H2,1-2H3. The predicted octanol–water partition coefficient (Wildman–Crippen LogP) is 5.59. The highest BCUT2D eigenvalue weighted by Gasteiger charge is 2.08. The van der Waals surface area contributed by atoms with Crippen molar-refractivity contribution in [3.63, 3.8) is 0 Å². The zero-order chi connectivity index (χ0) is 19.6. The lowest BCUT2D eigenvalue weighted by Crippen LogP contribution is -2.19. The first kappa shape index (κ1) is 20.0. The van der Waals surface area contributed by atoms with Crippen LogP contribution in [0.4, 0.5) is 0 Å². The molecule has 3 heteroatoms. The molecule has 28 heavy (non-hydrogen) atoms. The number of hydrogen-bond donors (Lipinski definition) is 1. The van der Waals surface area contributed by atoms with E-state index in [-0.39, 0.29) is 0 Å². The molecule has 0 saturated heterocycles. The van der Waals surface area contributed by atoms with Crippen LogP contribution in [0.25, 0.3) is 0 Å². The zero-order valence-corrected chi connectivity index (χ0v) is 16.7. The second-order valence-electron chi connectivity index (χ2n) is 7.34. The van der Waals surface area contributed by atoms with E-state index in [2.05, 4.69) is 49.5 Å². The van der Waals surface area contributed by atoms with Crippen molar-refractivity contribution in [1.82, 2.24) is 5.32 Å². The average molecular weight is 376 g/mol. The van der Waals surface area contributed by atoms with E-state index in [1.165, 1.54) is 0 Å². The first-order chi connectivity index (χ1) is 13.7. The van der Waals surface area contributed by atoms with Crippen LogP contribution < -0.4 is 14.8 Å². The summed E-state index contributed by atoms with van der Waals surface area (Å²) in [6.45, 7) is 7.26. The maximum Gasteiger partial charge on any atom is 0.127 e. The van der Waals surface area contributed by atoms with Crippen LogP contribution in [-0.2, 0) is 19.8 Å².